The lowest BCUT2D eigenvalue weighted by atomic mass is 10.0. The number of aryl methyl sites for hydroxylation is 2. The van der Waals surface area contributed by atoms with Crippen molar-refractivity contribution < 1.29 is 9.53 Å². The van der Waals surface area contributed by atoms with Gasteiger partial charge in [-0.1, -0.05) is 18.6 Å². The zero-order valence-electron chi connectivity index (χ0n) is 15.1. The highest BCUT2D eigenvalue weighted by atomic mass is 16.6. The first-order valence-corrected chi connectivity index (χ1v) is 8.98. The van der Waals surface area contributed by atoms with Gasteiger partial charge in [0.15, 0.2) is 0 Å². The largest absolute Gasteiger partial charge is 0.450 e. The summed E-state index contributed by atoms with van der Waals surface area (Å²) in [6.45, 7) is 7.39. The highest BCUT2D eigenvalue weighted by Gasteiger charge is 2.27. The summed E-state index contributed by atoms with van der Waals surface area (Å²) < 4.78 is 6.92. The Morgan fingerprint density at radius 3 is 2.64 bits per heavy atom. The molecule has 0 bridgehead atoms. The van der Waals surface area contributed by atoms with Gasteiger partial charge in [-0.3, -0.25) is 9.36 Å². The first-order valence-electron chi connectivity index (χ1n) is 8.98. The number of nitrogens with zero attached hydrogens (tertiary/aromatic N) is 3. The van der Waals surface area contributed by atoms with Crippen LogP contribution in [0.4, 0.5) is 4.79 Å². The monoisotopic (exact) mass is 343 g/mol. The fourth-order valence-corrected chi connectivity index (χ4v) is 3.51. The molecule has 134 valence electrons. The molecule has 2 aromatic rings. The molecule has 0 unspecified atom stereocenters. The lowest BCUT2D eigenvalue weighted by molar-refractivity contribution is 0.0921. The fraction of sp³-hybridized carbons (Fsp3) is 0.526. The molecule has 0 radical (unpaired) electrons. The Morgan fingerprint density at radius 1 is 1.28 bits per heavy atom. The van der Waals surface area contributed by atoms with Crippen molar-refractivity contribution in [1.29, 1.82) is 0 Å². The Balaban J connectivity index is 1.92. The molecule has 1 saturated heterocycles. The lowest BCUT2D eigenvalue weighted by Crippen LogP contribution is -2.42. The minimum absolute atomic E-state index is 0.0279. The molecule has 1 amide bonds. The quantitative estimate of drug-likeness (QED) is 0.859. The number of hydrogen-bond acceptors (Lipinski definition) is 4. The molecule has 0 spiro atoms. The highest BCUT2D eigenvalue weighted by Crippen LogP contribution is 2.24. The van der Waals surface area contributed by atoms with E-state index in [2.05, 4.69) is 0 Å². The Labute approximate surface area is 147 Å². The zero-order valence-corrected chi connectivity index (χ0v) is 15.1. The summed E-state index contributed by atoms with van der Waals surface area (Å²) in [6, 6.07) is 5.88. The maximum Gasteiger partial charge on any atom is 0.409 e. The maximum atomic E-state index is 13.1. The summed E-state index contributed by atoms with van der Waals surface area (Å²) in [5.41, 5.74) is 1.84. The van der Waals surface area contributed by atoms with Gasteiger partial charge in [-0.15, -0.1) is 0 Å². The molecule has 1 aromatic carbocycles. The van der Waals surface area contributed by atoms with E-state index in [4.69, 9.17) is 9.72 Å². The molecule has 3 rings (SSSR count). The molecule has 6 heteroatoms. The standard InChI is InChI=1S/C19H25N3O3/c1-4-17-20-16-7-6-13(3)12-15(16)18(23)22(17)14-8-10-21(11-9-14)19(24)25-5-2/h6-7,12,14H,4-5,8-11H2,1-3H3. The number of likely N-dealkylation sites (tertiary alicyclic amines) is 1. The fourth-order valence-electron chi connectivity index (χ4n) is 3.51. The van der Waals surface area contributed by atoms with E-state index in [9.17, 15) is 9.59 Å². The van der Waals surface area contributed by atoms with Gasteiger partial charge in [0, 0.05) is 25.6 Å². The van der Waals surface area contributed by atoms with Crippen LogP contribution in [0.2, 0.25) is 0 Å². The van der Waals surface area contributed by atoms with E-state index in [1.807, 2.05) is 36.6 Å². The maximum absolute atomic E-state index is 13.1. The van der Waals surface area contributed by atoms with Gasteiger partial charge in [0.05, 0.1) is 17.5 Å². The summed E-state index contributed by atoms with van der Waals surface area (Å²) in [6.07, 6.45) is 1.92. The van der Waals surface area contributed by atoms with Crippen LogP contribution >= 0.6 is 0 Å². The number of carbonyl (C=O) groups excluding carboxylic acids is 1. The lowest BCUT2D eigenvalue weighted by Gasteiger charge is -2.33. The van der Waals surface area contributed by atoms with Gasteiger partial charge in [0.2, 0.25) is 0 Å². The third kappa shape index (κ3) is 3.38. The Hall–Kier alpha value is -2.37. The number of hydrogen-bond donors (Lipinski definition) is 0. The van der Waals surface area contributed by atoms with E-state index < -0.39 is 0 Å². The number of benzene rings is 1. The molecule has 1 aliphatic rings. The molecule has 1 fully saturated rings. The smallest absolute Gasteiger partial charge is 0.409 e. The van der Waals surface area contributed by atoms with Crippen LogP contribution < -0.4 is 5.56 Å². The third-order valence-corrected chi connectivity index (χ3v) is 4.80. The molecule has 1 aliphatic heterocycles. The Morgan fingerprint density at radius 2 is 2.00 bits per heavy atom. The molecule has 0 N–H and O–H groups in total. The normalized spacial score (nSPS) is 15.6. The van der Waals surface area contributed by atoms with Gasteiger partial charge in [0.25, 0.3) is 5.56 Å². The number of fused-ring (bicyclic) bond motifs is 1. The minimum atomic E-state index is -0.267. The number of aromatic nitrogens is 2. The molecule has 0 aliphatic carbocycles. The Kier molecular flexibility index (Phi) is 5.06. The van der Waals surface area contributed by atoms with E-state index in [0.717, 1.165) is 29.7 Å². The molecular formula is C19H25N3O3. The van der Waals surface area contributed by atoms with Crippen molar-refractivity contribution in [2.24, 2.45) is 0 Å². The molecule has 2 heterocycles. The molecule has 25 heavy (non-hydrogen) atoms. The van der Waals surface area contributed by atoms with Gasteiger partial charge in [0.1, 0.15) is 5.82 Å². The second-order valence-corrected chi connectivity index (χ2v) is 6.49. The second kappa shape index (κ2) is 7.25. The summed E-state index contributed by atoms with van der Waals surface area (Å²) >= 11 is 0. The van der Waals surface area contributed by atoms with E-state index in [-0.39, 0.29) is 17.7 Å². The topological polar surface area (TPSA) is 64.4 Å². The SMILES string of the molecule is CCOC(=O)N1CCC(n2c(CC)nc3ccc(C)cc3c2=O)CC1. The minimum Gasteiger partial charge on any atom is -0.450 e. The van der Waals surface area contributed by atoms with Gasteiger partial charge < -0.3 is 9.64 Å². The van der Waals surface area contributed by atoms with Gasteiger partial charge in [-0.05, 0) is 38.8 Å². The first kappa shape index (κ1) is 17.5. The van der Waals surface area contributed by atoms with Crippen LogP contribution in [-0.2, 0) is 11.2 Å². The van der Waals surface area contributed by atoms with Gasteiger partial charge in [-0.25, -0.2) is 9.78 Å². The average Bonchev–Trinajstić information content (AvgIpc) is 2.62. The molecular weight excluding hydrogens is 318 g/mol. The van der Waals surface area contributed by atoms with Crippen molar-refractivity contribution in [3.8, 4) is 0 Å². The van der Waals surface area contributed by atoms with Gasteiger partial charge in [-0.2, -0.15) is 0 Å². The first-order chi connectivity index (χ1) is 12.0. The van der Waals surface area contributed by atoms with E-state index in [0.29, 0.717) is 31.5 Å². The van der Waals surface area contributed by atoms with E-state index in [1.165, 1.54) is 0 Å². The van der Waals surface area contributed by atoms with Crippen LogP contribution in [0.25, 0.3) is 10.9 Å². The summed E-state index contributed by atoms with van der Waals surface area (Å²) in [7, 11) is 0. The summed E-state index contributed by atoms with van der Waals surface area (Å²) in [5, 5.41) is 0.671. The van der Waals surface area contributed by atoms with Gasteiger partial charge >= 0.3 is 6.09 Å². The predicted octanol–water partition coefficient (Wildman–Crippen LogP) is 3.06. The van der Waals surface area contributed by atoms with Crippen LogP contribution in [-0.4, -0.2) is 40.2 Å². The van der Waals surface area contributed by atoms with Crippen molar-refractivity contribution in [1.82, 2.24) is 14.5 Å². The predicted molar refractivity (Wildman–Crippen MR) is 97.0 cm³/mol. The number of amides is 1. The third-order valence-electron chi connectivity index (χ3n) is 4.80. The van der Waals surface area contributed by atoms with Crippen LogP contribution in [0.1, 0.15) is 44.1 Å². The van der Waals surface area contributed by atoms with E-state index in [1.54, 1.807) is 11.8 Å². The van der Waals surface area contributed by atoms with Crippen molar-refractivity contribution in [3.05, 3.63) is 39.9 Å². The van der Waals surface area contributed by atoms with E-state index >= 15 is 0 Å². The number of piperidine rings is 1. The number of rotatable bonds is 3. The summed E-state index contributed by atoms with van der Waals surface area (Å²) in [4.78, 5) is 31.4. The molecule has 1 aromatic heterocycles. The van der Waals surface area contributed by atoms with Crippen LogP contribution in [0, 0.1) is 6.92 Å². The number of carbonyl (C=O) groups is 1. The van der Waals surface area contributed by atoms with Crippen molar-refractivity contribution in [2.75, 3.05) is 19.7 Å². The van der Waals surface area contributed by atoms with Crippen LogP contribution in [0.3, 0.4) is 0 Å². The number of ether oxygens (including phenoxy) is 1. The van der Waals surface area contributed by atoms with Crippen molar-refractivity contribution in [2.45, 2.75) is 46.1 Å². The van der Waals surface area contributed by atoms with Crippen LogP contribution in [0.15, 0.2) is 23.0 Å². The van der Waals surface area contributed by atoms with Crippen LogP contribution in [0.5, 0.6) is 0 Å². The van der Waals surface area contributed by atoms with Crippen molar-refractivity contribution in [3.63, 3.8) is 0 Å². The molecule has 6 nitrogen and oxygen atoms in total. The highest BCUT2D eigenvalue weighted by molar-refractivity contribution is 5.78. The zero-order chi connectivity index (χ0) is 18.0. The van der Waals surface area contributed by atoms with Crippen molar-refractivity contribution >= 4 is 17.0 Å². The average molecular weight is 343 g/mol. The molecule has 0 atom stereocenters. The summed E-state index contributed by atoms with van der Waals surface area (Å²) in [5.74, 6) is 0.816. The molecule has 0 saturated carbocycles. The Bertz CT molecular complexity index is 836. The second-order valence-electron chi connectivity index (χ2n) is 6.49.